The third-order valence-corrected chi connectivity index (χ3v) is 5.57. The summed E-state index contributed by atoms with van der Waals surface area (Å²) in [6.07, 6.45) is 7.20. The number of rotatable bonds is 3. The van der Waals surface area contributed by atoms with Crippen LogP contribution >= 0.6 is 0 Å². The molecule has 132 valence electrons. The second kappa shape index (κ2) is 8.31. The first-order chi connectivity index (χ1) is 11.3. The normalized spacial score (nSPS) is 27.7. The molecule has 3 aliphatic heterocycles. The number of hydrogen-bond donors (Lipinski definition) is 1. The number of nitrogens with two attached hydrogens (primary N) is 1. The van der Waals surface area contributed by atoms with Crippen molar-refractivity contribution >= 4 is 5.96 Å². The van der Waals surface area contributed by atoms with Gasteiger partial charge in [-0.15, -0.1) is 0 Å². The molecule has 0 radical (unpaired) electrons. The van der Waals surface area contributed by atoms with E-state index in [1.165, 1.54) is 25.7 Å². The third-order valence-electron chi connectivity index (χ3n) is 5.57. The molecule has 23 heavy (non-hydrogen) atoms. The molecule has 0 aromatic heterocycles. The molecule has 3 rings (SSSR count). The number of ether oxygens (including phenoxy) is 2. The second-order valence-corrected chi connectivity index (χ2v) is 7.01. The van der Waals surface area contributed by atoms with Crippen molar-refractivity contribution in [2.24, 2.45) is 10.7 Å². The monoisotopic (exact) mass is 324 g/mol. The molecule has 0 aliphatic carbocycles. The van der Waals surface area contributed by atoms with Gasteiger partial charge in [-0.2, -0.15) is 0 Å². The molecule has 3 saturated heterocycles. The van der Waals surface area contributed by atoms with Gasteiger partial charge in [-0.05, 0) is 25.7 Å². The van der Waals surface area contributed by atoms with E-state index in [2.05, 4.69) is 9.80 Å². The maximum atomic E-state index is 6.32. The van der Waals surface area contributed by atoms with Gasteiger partial charge >= 0.3 is 0 Å². The molecular weight excluding hydrogens is 292 g/mol. The standard InChI is InChI=1S/C17H32N4O2/c18-16(20-7-3-1-2-4-8-20)19-15-17(5-11-22-12-6-17)21-9-13-23-14-10-21/h1-15H2,(H2,18,19). The molecule has 0 aromatic carbocycles. The average Bonchev–Trinajstić information content (AvgIpc) is 2.91. The summed E-state index contributed by atoms with van der Waals surface area (Å²) in [6.45, 7) is 8.22. The first-order valence-electron chi connectivity index (χ1n) is 9.26. The van der Waals surface area contributed by atoms with E-state index in [-0.39, 0.29) is 5.54 Å². The SMILES string of the molecule is NC(=NCC1(N2CCOCC2)CCOCC1)N1CCCCCC1. The van der Waals surface area contributed by atoms with Crippen molar-refractivity contribution in [3.63, 3.8) is 0 Å². The Morgan fingerprint density at radius 2 is 1.48 bits per heavy atom. The molecule has 0 amide bonds. The van der Waals surface area contributed by atoms with Crippen LogP contribution in [0.1, 0.15) is 38.5 Å². The first kappa shape index (κ1) is 17.0. The Kier molecular flexibility index (Phi) is 6.14. The summed E-state index contributed by atoms with van der Waals surface area (Å²) in [5, 5.41) is 0. The van der Waals surface area contributed by atoms with Crippen LogP contribution in [0.4, 0.5) is 0 Å². The lowest BCUT2D eigenvalue weighted by Crippen LogP contribution is -2.58. The van der Waals surface area contributed by atoms with Gasteiger partial charge in [0.15, 0.2) is 5.96 Å². The van der Waals surface area contributed by atoms with Crippen molar-refractivity contribution in [1.82, 2.24) is 9.80 Å². The highest BCUT2D eigenvalue weighted by Gasteiger charge is 2.39. The molecule has 0 saturated carbocycles. The zero-order valence-corrected chi connectivity index (χ0v) is 14.3. The van der Waals surface area contributed by atoms with Crippen LogP contribution in [0, 0.1) is 0 Å². The largest absolute Gasteiger partial charge is 0.381 e. The van der Waals surface area contributed by atoms with Crippen LogP contribution in [0.25, 0.3) is 0 Å². The summed E-state index contributed by atoms with van der Waals surface area (Å²) in [4.78, 5) is 9.69. The lowest BCUT2D eigenvalue weighted by molar-refractivity contribution is -0.0668. The van der Waals surface area contributed by atoms with Crippen molar-refractivity contribution in [2.45, 2.75) is 44.1 Å². The minimum Gasteiger partial charge on any atom is -0.381 e. The van der Waals surface area contributed by atoms with Crippen molar-refractivity contribution < 1.29 is 9.47 Å². The maximum absolute atomic E-state index is 6.32. The van der Waals surface area contributed by atoms with Gasteiger partial charge in [0.1, 0.15) is 0 Å². The summed E-state index contributed by atoms with van der Waals surface area (Å²) < 4.78 is 11.1. The molecule has 0 spiro atoms. The molecule has 6 nitrogen and oxygen atoms in total. The Labute approximate surface area is 140 Å². The van der Waals surface area contributed by atoms with Crippen LogP contribution < -0.4 is 5.73 Å². The van der Waals surface area contributed by atoms with Crippen LogP contribution in [0.5, 0.6) is 0 Å². The molecule has 6 heteroatoms. The van der Waals surface area contributed by atoms with Crippen molar-refractivity contribution in [3.8, 4) is 0 Å². The van der Waals surface area contributed by atoms with Crippen LogP contribution in [0.2, 0.25) is 0 Å². The van der Waals surface area contributed by atoms with Gasteiger partial charge in [0.2, 0.25) is 0 Å². The minimum atomic E-state index is 0.110. The zero-order chi connectivity index (χ0) is 16.0. The van der Waals surface area contributed by atoms with E-state index in [9.17, 15) is 0 Å². The number of nitrogens with zero attached hydrogens (tertiary/aromatic N) is 3. The highest BCUT2D eigenvalue weighted by molar-refractivity contribution is 5.78. The van der Waals surface area contributed by atoms with Gasteiger partial charge < -0.3 is 20.1 Å². The number of guanidine groups is 1. The zero-order valence-electron chi connectivity index (χ0n) is 14.3. The lowest BCUT2D eigenvalue weighted by atomic mass is 9.87. The third kappa shape index (κ3) is 4.37. The van der Waals surface area contributed by atoms with E-state index in [0.29, 0.717) is 0 Å². The predicted molar refractivity (Wildman–Crippen MR) is 91.7 cm³/mol. The Morgan fingerprint density at radius 3 is 2.13 bits per heavy atom. The van der Waals surface area contributed by atoms with Gasteiger partial charge in [0, 0.05) is 44.9 Å². The summed E-state index contributed by atoms with van der Waals surface area (Å²) in [7, 11) is 0. The fourth-order valence-electron chi connectivity index (χ4n) is 3.99. The number of morpholine rings is 1. The number of likely N-dealkylation sites (tertiary alicyclic amines) is 1. The summed E-state index contributed by atoms with van der Waals surface area (Å²) in [5.41, 5.74) is 6.43. The van der Waals surface area contributed by atoms with Crippen molar-refractivity contribution in [3.05, 3.63) is 0 Å². The smallest absolute Gasteiger partial charge is 0.191 e. The quantitative estimate of drug-likeness (QED) is 0.621. The van der Waals surface area contributed by atoms with Gasteiger partial charge in [-0.1, -0.05) is 12.8 Å². The van der Waals surface area contributed by atoms with E-state index >= 15 is 0 Å². The van der Waals surface area contributed by atoms with Crippen LogP contribution in [-0.2, 0) is 9.47 Å². The van der Waals surface area contributed by atoms with E-state index in [1.54, 1.807) is 0 Å². The molecular formula is C17H32N4O2. The van der Waals surface area contributed by atoms with E-state index in [1.807, 2.05) is 0 Å². The Hall–Kier alpha value is -0.850. The fourth-order valence-corrected chi connectivity index (χ4v) is 3.99. The molecule has 2 N–H and O–H groups in total. The van der Waals surface area contributed by atoms with Gasteiger partial charge in [-0.3, -0.25) is 9.89 Å². The minimum absolute atomic E-state index is 0.110. The molecule has 0 atom stereocenters. The van der Waals surface area contributed by atoms with E-state index in [4.69, 9.17) is 20.2 Å². The molecule has 0 aromatic rings. The van der Waals surface area contributed by atoms with E-state index in [0.717, 1.165) is 78.0 Å². The number of hydrogen-bond acceptors (Lipinski definition) is 4. The van der Waals surface area contributed by atoms with Gasteiger partial charge in [0.05, 0.1) is 19.8 Å². The van der Waals surface area contributed by atoms with E-state index < -0.39 is 0 Å². The highest BCUT2D eigenvalue weighted by atomic mass is 16.5. The Morgan fingerprint density at radius 1 is 0.870 bits per heavy atom. The molecule has 3 fully saturated rings. The fraction of sp³-hybridized carbons (Fsp3) is 0.941. The topological polar surface area (TPSA) is 63.3 Å². The maximum Gasteiger partial charge on any atom is 0.191 e. The Balaban J connectivity index is 1.66. The Bertz CT molecular complexity index is 382. The molecule has 0 unspecified atom stereocenters. The number of aliphatic imine (C=N–C) groups is 1. The van der Waals surface area contributed by atoms with Gasteiger partial charge in [0.25, 0.3) is 0 Å². The molecule has 3 aliphatic rings. The molecule has 0 bridgehead atoms. The average molecular weight is 324 g/mol. The van der Waals surface area contributed by atoms with Gasteiger partial charge in [-0.25, -0.2) is 0 Å². The first-order valence-corrected chi connectivity index (χ1v) is 9.26. The van der Waals surface area contributed by atoms with Crippen LogP contribution in [0.15, 0.2) is 4.99 Å². The van der Waals surface area contributed by atoms with Crippen LogP contribution in [0.3, 0.4) is 0 Å². The second-order valence-electron chi connectivity index (χ2n) is 7.01. The lowest BCUT2D eigenvalue weighted by Gasteiger charge is -2.47. The van der Waals surface area contributed by atoms with Crippen molar-refractivity contribution in [1.29, 1.82) is 0 Å². The van der Waals surface area contributed by atoms with Crippen LogP contribution in [-0.4, -0.2) is 80.4 Å². The molecule has 3 heterocycles. The summed E-state index contributed by atoms with van der Waals surface area (Å²) in [6, 6.07) is 0. The van der Waals surface area contributed by atoms with Crippen molar-refractivity contribution in [2.75, 3.05) is 59.2 Å². The summed E-state index contributed by atoms with van der Waals surface area (Å²) >= 11 is 0. The highest BCUT2D eigenvalue weighted by Crippen LogP contribution is 2.29. The predicted octanol–water partition coefficient (Wildman–Crippen LogP) is 1.06. The summed E-state index contributed by atoms with van der Waals surface area (Å²) in [5.74, 6) is 0.742.